The number of hydrogen-bond acceptors (Lipinski definition) is 5. The van der Waals surface area contributed by atoms with Gasteiger partial charge in [0, 0.05) is 0 Å². The number of carbonyl (C=O) groups excluding carboxylic acids is 1. The number of anilines is 1. The van der Waals surface area contributed by atoms with Crippen LogP contribution in [0.5, 0.6) is 0 Å². The molecule has 0 spiro atoms. The molecule has 0 radical (unpaired) electrons. The Bertz CT molecular complexity index is 557. The number of benzene rings is 1. The van der Waals surface area contributed by atoms with E-state index in [9.17, 15) is 13.6 Å². The van der Waals surface area contributed by atoms with E-state index < -0.39 is 28.5 Å². The van der Waals surface area contributed by atoms with Crippen LogP contribution in [0.15, 0.2) is 28.0 Å². The summed E-state index contributed by atoms with van der Waals surface area (Å²) in [7, 11) is 0. The molecule has 0 aliphatic rings. The molecule has 2 rings (SSSR count). The van der Waals surface area contributed by atoms with Gasteiger partial charge in [-0.2, -0.15) is 0 Å². The molecule has 0 unspecified atom stereocenters. The van der Waals surface area contributed by atoms with Crippen LogP contribution in [-0.4, -0.2) is 21.4 Å². The Morgan fingerprint density at radius 3 is 2.68 bits per heavy atom. The second-order valence-corrected chi connectivity index (χ2v) is 5.97. The third-order valence-electron chi connectivity index (χ3n) is 2.20. The van der Waals surface area contributed by atoms with Gasteiger partial charge < -0.3 is 5.32 Å². The predicted molar refractivity (Wildman–Crippen MR) is 70.2 cm³/mol. The molecule has 0 bridgehead atoms. The zero-order valence-corrected chi connectivity index (χ0v) is 11.4. The van der Waals surface area contributed by atoms with Crippen LogP contribution < -0.4 is 5.32 Å². The van der Waals surface area contributed by atoms with Gasteiger partial charge in [-0.15, -0.1) is 10.2 Å². The number of aromatic nitrogens is 2. The van der Waals surface area contributed by atoms with E-state index in [1.807, 2.05) is 0 Å². The van der Waals surface area contributed by atoms with Crippen molar-refractivity contribution in [2.24, 2.45) is 0 Å². The molecule has 100 valence electrons. The number of para-hydroxylation sites is 1. The van der Waals surface area contributed by atoms with E-state index in [0.29, 0.717) is 4.34 Å². The van der Waals surface area contributed by atoms with Crippen molar-refractivity contribution < 1.29 is 13.6 Å². The Balaban J connectivity index is 2.04. The van der Waals surface area contributed by atoms with Crippen LogP contribution in [0.25, 0.3) is 0 Å². The Morgan fingerprint density at radius 2 is 2.11 bits per heavy atom. The molecule has 8 heteroatoms. The number of nitrogens with one attached hydrogen (secondary N) is 1. The molecule has 19 heavy (non-hydrogen) atoms. The molecule has 1 aromatic carbocycles. The van der Waals surface area contributed by atoms with Crippen molar-refractivity contribution in [2.75, 3.05) is 5.32 Å². The highest BCUT2D eigenvalue weighted by Crippen LogP contribution is 2.26. The second-order valence-electron chi connectivity index (χ2n) is 3.55. The predicted octanol–water partition coefficient (Wildman–Crippen LogP) is 2.94. The fraction of sp³-hybridized carbons (Fsp3) is 0.182. The van der Waals surface area contributed by atoms with Crippen LogP contribution in [0.3, 0.4) is 0 Å². The van der Waals surface area contributed by atoms with E-state index in [-0.39, 0.29) is 0 Å². The fourth-order valence-electron chi connectivity index (χ4n) is 1.26. The van der Waals surface area contributed by atoms with Crippen molar-refractivity contribution in [3.8, 4) is 0 Å². The van der Waals surface area contributed by atoms with Gasteiger partial charge in [0.2, 0.25) is 5.91 Å². The number of carbonyl (C=O) groups is 1. The molecule has 1 atom stereocenters. The van der Waals surface area contributed by atoms with Gasteiger partial charge in [-0.1, -0.05) is 29.2 Å². The molecule has 2 aromatic rings. The van der Waals surface area contributed by atoms with Crippen LogP contribution >= 0.6 is 23.1 Å². The number of amides is 1. The maximum Gasteiger partial charge on any atom is 0.237 e. The minimum absolute atomic E-state index is 0.433. The van der Waals surface area contributed by atoms with Gasteiger partial charge in [0.05, 0.1) is 5.25 Å². The summed E-state index contributed by atoms with van der Waals surface area (Å²) in [5.41, 5.74) is 1.11. The third kappa shape index (κ3) is 3.48. The molecule has 4 nitrogen and oxygen atoms in total. The molecule has 0 fully saturated rings. The number of halogens is 2. The second kappa shape index (κ2) is 6.07. The molecule has 0 aliphatic heterocycles. The van der Waals surface area contributed by atoms with Crippen molar-refractivity contribution in [3.05, 3.63) is 35.3 Å². The van der Waals surface area contributed by atoms with Crippen LogP contribution in [0.4, 0.5) is 14.5 Å². The van der Waals surface area contributed by atoms with E-state index >= 15 is 0 Å². The van der Waals surface area contributed by atoms with E-state index in [4.69, 9.17) is 0 Å². The highest BCUT2D eigenvalue weighted by Gasteiger charge is 2.19. The maximum atomic E-state index is 13.4. The van der Waals surface area contributed by atoms with Crippen LogP contribution in [-0.2, 0) is 4.79 Å². The Hall–Kier alpha value is -1.54. The fourth-order valence-corrected chi connectivity index (χ4v) is 2.89. The van der Waals surface area contributed by atoms with Gasteiger partial charge in [-0.3, -0.25) is 4.79 Å². The Labute approximate surface area is 116 Å². The molecule has 1 heterocycles. The summed E-state index contributed by atoms with van der Waals surface area (Å²) in [5.74, 6) is -2.10. The van der Waals surface area contributed by atoms with Gasteiger partial charge in [0.15, 0.2) is 4.34 Å². The third-order valence-corrected chi connectivity index (χ3v) is 4.11. The molecule has 1 N–H and O–H groups in total. The maximum absolute atomic E-state index is 13.4. The zero-order valence-electron chi connectivity index (χ0n) is 9.76. The zero-order chi connectivity index (χ0) is 13.8. The number of thioether (sulfide) groups is 1. The first-order chi connectivity index (χ1) is 9.08. The number of nitrogens with zero attached hydrogens (tertiary/aromatic N) is 2. The summed E-state index contributed by atoms with van der Waals surface area (Å²) in [5, 5.41) is 9.13. The topological polar surface area (TPSA) is 54.9 Å². The van der Waals surface area contributed by atoms with E-state index in [1.165, 1.54) is 29.2 Å². The van der Waals surface area contributed by atoms with E-state index in [2.05, 4.69) is 15.5 Å². The van der Waals surface area contributed by atoms with Crippen molar-refractivity contribution in [1.29, 1.82) is 0 Å². The van der Waals surface area contributed by atoms with Gasteiger partial charge in [0.1, 0.15) is 22.8 Å². The van der Waals surface area contributed by atoms with Gasteiger partial charge >= 0.3 is 0 Å². The molecular weight excluding hydrogens is 292 g/mol. The highest BCUT2D eigenvalue weighted by atomic mass is 32.2. The summed E-state index contributed by atoms with van der Waals surface area (Å²) in [6.45, 7) is 1.63. The molecule has 1 aromatic heterocycles. The average Bonchev–Trinajstić information content (AvgIpc) is 2.86. The Kier molecular flexibility index (Phi) is 4.43. The molecule has 0 aliphatic carbocycles. The standard InChI is InChI=1S/C11H9F2N3OS2/c1-6(19-11-16-14-5-18-11)10(17)15-9-7(12)3-2-4-8(9)13/h2-6H,1H3,(H,15,17)/t6-/m0/s1. The van der Waals surface area contributed by atoms with Crippen molar-refractivity contribution in [3.63, 3.8) is 0 Å². The van der Waals surface area contributed by atoms with Gasteiger partial charge in [0.25, 0.3) is 0 Å². The SMILES string of the molecule is C[C@H](Sc1nncs1)C(=O)Nc1c(F)cccc1F. The van der Waals surface area contributed by atoms with Crippen LogP contribution in [0.2, 0.25) is 0 Å². The minimum atomic E-state index is -0.804. The van der Waals surface area contributed by atoms with Crippen molar-refractivity contribution >= 4 is 34.7 Å². The first-order valence-corrected chi connectivity index (χ1v) is 7.01. The molecule has 1 amide bonds. The lowest BCUT2D eigenvalue weighted by atomic mass is 10.3. The first-order valence-electron chi connectivity index (χ1n) is 5.25. The van der Waals surface area contributed by atoms with Crippen molar-refractivity contribution in [2.45, 2.75) is 16.5 Å². The number of rotatable bonds is 4. The number of hydrogen-bond donors (Lipinski definition) is 1. The average molecular weight is 301 g/mol. The molecular formula is C11H9F2N3OS2. The normalized spacial score (nSPS) is 12.2. The summed E-state index contributed by atoms with van der Waals surface area (Å²) < 4.78 is 27.4. The van der Waals surface area contributed by atoms with Crippen molar-refractivity contribution in [1.82, 2.24) is 10.2 Å². The Morgan fingerprint density at radius 1 is 1.42 bits per heavy atom. The largest absolute Gasteiger partial charge is 0.320 e. The van der Waals surface area contributed by atoms with Gasteiger partial charge in [-0.25, -0.2) is 8.78 Å². The van der Waals surface area contributed by atoms with Gasteiger partial charge in [-0.05, 0) is 19.1 Å². The summed E-state index contributed by atoms with van der Waals surface area (Å²) in [4.78, 5) is 11.8. The monoisotopic (exact) mass is 301 g/mol. The lowest BCUT2D eigenvalue weighted by molar-refractivity contribution is -0.115. The highest BCUT2D eigenvalue weighted by molar-refractivity contribution is 8.02. The van der Waals surface area contributed by atoms with Crippen LogP contribution in [0, 0.1) is 11.6 Å². The molecule has 0 saturated heterocycles. The summed E-state index contributed by atoms with van der Waals surface area (Å²) in [6, 6.07) is 3.40. The summed E-state index contributed by atoms with van der Waals surface area (Å²) in [6.07, 6.45) is 0. The van der Waals surface area contributed by atoms with E-state index in [0.717, 1.165) is 12.1 Å². The molecule has 0 saturated carbocycles. The summed E-state index contributed by atoms with van der Waals surface area (Å²) >= 11 is 2.47. The quantitative estimate of drug-likeness (QED) is 0.882. The van der Waals surface area contributed by atoms with Crippen LogP contribution in [0.1, 0.15) is 6.92 Å². The van der Waals surface area contributed by atoms with E-state index in [1.54, 1.807) is 12.4 Å². The lowest BCUT2D eigenvalue weighted by Crippen LogP contribution is -2.23. The minimum Gasteiger partial charge on any atom is -0.320 e. The lowest BCUT2D eigenvalue weighted by Gasteiger charge is -2.11. The first kappa shape index (κ1) is 13.9. The smallest absolute Gasteiger partial charge is 0.237 e.